The summed E-state index contributed by atoms with van der Waals surface area (Å²) in [6.07, 6.45) is 0.800. The SMILES string of the molecule is CCc1cc2cc(Cl)c(F)cc2o1. The standard InChI is InChI=1S/C10H8ClFO/c1-2-7-3-6-4-8(11)9(12)5-10(6)13-7/h3-5H,2H2,1H3. The molecule has 1 heterocycles. The highest BCUT2D eigenvalue weighted by Gasteiger charge is 2.06. The fourth-order valence-corrected chi connectivity index (χ4v) is 1.44. The van der Waals surface area contributed by atoms with Gasteiger partial charge in [0.25, 0.3) is 0 Å². The minimum absolute atomic E-state index is 0.135. The summed E-state index contributed by atoms with van der Waals surface area (Å²) in [6.45, 7) is 1.98. The molecule has 3 heteroatoms. The lowest BCUT2D eigenvalue weighted by atomic mass is 10.2. The van der Waals surface area contributed by atoms with E-state index >= 15 is 0 Å². The smallest absolute Gasteiger partial charge is 0.145 e. The molecule has 0 saturated heterocycles. The number of hydrogen-bond acceptors (Lipinski definition) is 1. The zero-order valence-electron chi connectivity index (χ0n) is 7.10. The second kappa shape index (κ2) is 3.04. The Morgan fingerprint density at radius 1 is 1.38 bits per heavy atom. The third-order valence-corrected chi connectivity index (χ3v) is 2.25. The van der Waals surface area contributed by atoms with Gasteiger partial charge < -0.3 is 4.42 Å². The van der Waals surface area contributed by atoms with Crippen molar-refractivity contribution in [3.05, 3.63) is 34.8 Å². The molecule has 1 nitrogen and oxygen atoms in total. The molecule has 0 unspecified atom stereocenters. The average molecular weight is 199 g/mol. The molecule has 0 radical (unpaired) electrons. The van der Waals surface area contributed by atoms with Gasteiger partial charge in [-0.25, -0.2) is 4.39 Å². The lowest BCUT2D eigenvalue weighted by molar-refractivity contribution is 0.552. The average Bonchev–Trinajstić information content (AvgIpc) is 2.48. The molecule has 1 aromatic heterocycles. The minimum atomic E-state index is -0.439. The molecule has 0 bridgehead atoms. The molecular weight excluding hydrogens is 191 g/mol. The van der Waals surface area contributed by atoms with E-state index in [4.69, 9.17) is 16.0 Å². The Labute approximate surface area is 80.1 Å². The first-order chi connectivity index (χ1) is 6.20. The summed E-state index contributed by atoms with van der Waals surface area (Å²) < 4.78 is 18.3. The van der Waals surface area contributed by atoms with Crippen LogP contribution in [0.25, 0.3) is 11.0 Å². The zero-order valence-corrected chi connectivity index (χ0v) is 7.86. The molecule has 0 spiro atoms. The molecule has 0 atom stereocenters. The van der Waals surface area contributed by atoms with E-state index in [-0.39, 0.29) is 5.02 Å². The second-order valence-corrected chi connectivity index (χ2v) is 3.28. The van der Waals surface area contributed by atoms with Gasteiger partial charge in [-0.3, -0.25) is 0 Å². The Morgan fingerprint density at radius 3 is 2.85 bits per heavy atom. The van der Waals surface area contributed by atoms with Gasteiger partial charge in [0.05, 0.1) is 5.02 Å². The Hall–Kier alpha value is -1.02. The van der Waals surface area contributed by atoms with Gasteiger partial charge in [-0.1, -0.05) is 18.5 Å². The number of hydrogen-bond donors (Lipinski definition) is 0. The molecule has 0 saturated carbocycles. The normalized spacial score (nSPS) is 11.0. The number of halogens is 2. The van der Waals surface area contributed by atoms with Crippen molar-refractivity contribution in [2.75, 3.05) is 0 Å². The maximum atomic E-state index is 13.0. The van der Waals surface area contributed by atoms with Crippen molar-refractivity contribution >= 4 is 22.6 Å². The second-order valence-electron chi connectivity index (χ2n) is 2.87. The van der Waals surface area contributed by atoms with Gasteiger partial charge in [-0.15, -0.1) is 0 Å². The van der Waals surface area contributed by atoms with E-state index < -0.39 is 5.82 Å². The maximum Gasteiger partial charge on any atom is 0.145 e. The van der Waals surface area contributed by atoms with Crippen LogP contribution in [0.1, 0.15) is 12.7 Å². The van der Waals surface area contributed by atoms with Gasteiger partial charge in [-0.05, 0) is 12.1 Å². The summed E-state index contributed by atoms with van der Waals surface area (Å²) in [5.74, 6) is 0.405. The van der Waals surface area contributed by atoms with Crippen molar-refractivity contribution in [3.63, 3.8) is 0 Å². The predicted molar refractivity (Wildman–Crippen MR) is 50.6 cm³/mol. The van der Waals surface area contributed by atoms with Crippen LogP contribution in [-0.2, 0) is 6.42 Å². The largest absolute Gasteiger partial charge is 0.461 e. The molecule has 1 aromatic carbocycles. The lowest BCUT2D eigenvalue weighted by Gasteiger charge is -1.91. The number of furan rings is 1. The Morgan fingerprint density at radius 2 is 2.15 bits per heavy atom. The highest BCUT2D eigenvalue weighted by Crippen LogP contribution is 2.25. The summed E-state index contributed by atoms with van der Waals surface area (Å²) >= 11 is 5.62. The molecule has 0 aliphatic carbocycles. The van der Waals surface area contributed by atoms with Gasteiger partial charge in [0.2, 0.25) is 0 Å². The fraction of sp³-hybridized carbons (Fsp3) is 0.200. The number of fused-ring (bicyclic) bond motifs is 1. The van der Waals surface area contributed by atoms with Crippen LogP contribution in [0.3, 0.4) is 0 Å². The highest BCUT2D eigenvalue weighted by atomic mass is 35.5. The van der Waals surface area contributed by atoms with Crippen LogP contribution in [0.2, 0.25) is 5.02 Å². The van der Waals surface area contributed by atoms with Crippen LogP contribution < -0.4 is 0 Å². The topological polar surface area (TPSA) is 13.1 Å². The third-order valence-electron chi connectivity index (χ3n) is 1.96. The van der Waals surface area contributed by atoms with Crippen molar-refractivity contribution in [1.82, 2.24) is 0 Å². The quantitative estimate of drug-likeness (QED) is 0.680. The Kier molecular flexibility index (Phi) is 2.00. The first kappa shape index (κ1) is 8.57. The molecule has 13 heavy (non-hydrogen) atoms. The van der Waals surface area contributed by atoms with E-state index in [1.807, 2.05) is 13.0 Å². The molecule has 2 rings (SSSR count). The Balaban J connectivity index is 2.70. The molecule has 0 amide bonds. The van der Waals surface area contributed by atoms with Gasteiger partial charge in [0, 0.05) is 17.9 Å². The monoisotopic (exact) mass is 198 g/mol. The van der Waals surface area contributed by atoms with Crippen LogP contribution in [0, 0.1) is 5.82 Å². The van der Waals surface area contributed by atoms with Crippen LogP contribution in [0.5, 0.6) is 0 Å². The molecule has 0 N–H and O–H groups in total. The number of aryl methyl sites for hydroxylation is 1. The van der Waals surface area contributed by atoms with Crippen molar-refractivity contribution < 1.29 is 8.81 Å². The van der Waals surface area contributed by atoms with Gasteiger partial charge in [0.15, 0.2) is 0 Å². The fourth-order valence-electron chi connectivity index (χ4n) is 1.26. The summed E-state index contributed by atoms with van der Waals surface area (Å²) in [6, 6.07) is 4.77. The summed E-state index contributed by atoms with van der Waals surface area (Å²) in [5.41, 5.74) is 0.554. The van der Waals surface area contributed by atoms with Crippen LogP contribution in [-0.4, -0.2) is 0 Å². The first-order valence-electron chi connectivity index (χ1n) is 4.08. The van der Waals surface area contributed by atoms with E-state index in [0.29, 0.717) is 5.58 Å². The molecule has 0 aliphatic rings. The van der Waals surface area contributed by atoms with Gasteiger partial charge in [-0.2, -0.15) is 0 Å². The van der Waals surface area contributed by atoms with E-state index in [0.717, 1.165) is 17.6 Å². The maximum absolute atomic E-state index is 13.0. The summed E-state index contributed by atoms with van der Waals surface area (Å²) in [4.78, 5) is 0. The van der Waals surface area contributed by atoms with E-state index in [1.54, 1.807) is 6.07 Å². The molecular formula is C10H8ClFO. The number of rotatable bonds is 1. The van der Waals surface area contributed by atoms with Crippen molar-refractivity contribution in [2.45, 2.75) is 13.3 Å². The Bertz CT molecular complexity index is 408. The van der Waals surface area contributed by atoms with E-state index in [1.165, 1.54) is 6.07 Å². The van der Waals surface area contributed by atoms with Crippen LogP contribution in [0.4, 0.5) is 4.39 Å². The minimum Gasteiger partial charge on any atom is -0.461 e. The molecule has 68 valence electrons. The van der Waals surface area contributed by atoms with Crippen molar-refractivity contribution in [1.29, 1.82) is 0 Å². The van der Waals surface area contributed by atoms with Crippen LogP contribution in [0.15, 0.2) is 22.6 Å². The highest BCUT2D eigenvalue weighted by molar-refractivity contribution is 6.31. The zero-order chi connectivity index (χ0) is 9.42. The first-order valence-corrected chi connectivity index (χ1v) is 4.46. The third kappa shape index (κ3) is 1.42. The van der Waals surface area contributed by atoms with Crippen molar-refractivity contribution in [3.8, 4) is 0 Å². The van der Waals surface area contributed by atoms with E-state index in [9.17, 15) is 4.39 Å². The predicted octanol–water partition coefficient (Wildman–Crippen LogP) is 3.79. The van der Waals surface area contributed by atoms with Gasteiger partial charge in [0.1, 0.15) is 17.2 Å². The van der Waals surface area contributed by atoms with Gasteiger partial charge >= 0.3 is 0 Å². The lowest BCUT2D eigenvalue weighted by Crippen LogP contribution is -1.74. The molecule has 0 aliphatic heterocycles. The summed E-state index contributed by atoms with van der Waals surface area (Å²) in [5, 5.41) is 0.985. The summed E-state index contributed by atoms with van der Waals surface area (Å²) in [7, 11) is 0. The van der Waals surface area contributed by atoms with Crippen LogP contribution >= 0.6 is 11.6 Å². The van der Waals surface area contributed by atoms with Crippen molar-refractivity contribution in [2.24, 2.45) is 0 Å². The molecule has 2 aromatic rings. The van der Waals surface area contributed by atoms with E-state index in [2.05, 4.69) is 0 Å². The molecule has 0 fully saturated rings. The number of benzene rings is 1.